The predicted molar refractivity (Wildman–Crippen MR) is 67.9 cm³/mol. The molecule has 0 saturated heterocycles. The highest BCUT2D eigenvalue weighted by Crippen LogP contribution is 2.13. The summed E-state index contributed by atoms with van der Waals surface area (Å²) in [5, 5.41) is 4.26. The molecule has 0 unspecified atom stereocenters. The molecule has 88 valence electrons. The number of nitrogens with two attached hydrogens (primary N) is 1. The molecule has 0 amide bonds. The maximum atomic E-state index is 5.51. The molecule has 0 atom stereocenters. The van der Waals surface area contributed by atoms with Gasteiger partial charge in [-0.2, -0.15) is 5.10 Å². The topological polar surface area (TPSA) is 68.2 Å². The Labute approximate surface area is 99.9 Å². The monoisotopic (exact) mass is 229 g/mol. The molecular formula is C12H15N5. The van der Waals surface area contributed by atoms with E-state index in [1.807, 2.05) is 50.5 Å². The Bertz CT molecular complexity index is 527. The molecule has 1 aromatic carbocycles. The van der Waals surface area contributed by atoms with Gasteiger partial charge in [-0.05, 0) is 19.1 Å². The van der Waals surface area contributed by atoms with Crippen molar-refractivity contribution >= 4 is 11.5 Å². The molecule has 0 radical (unpaired) electrons. The normalized spacial score (nSPS) is 11.6. The summed E-state index contributed by atoms with van der Waals surface area (Å²) in [4.78, 5) is 4.45. The Morgan fingerprint density at radius 3 is 2.59 bits per heavy atom. The molecule has 2 aromatic rings. The summed E-state index contributed by atoms with van der Waals surface area (Å²) in [6.07, 6.45) is 1.89. The number of aryl methyl sites for hydroxylation is 2. The number of nitrogens with one attached hydrogen (secondary N) is 1. The maximum Gasteiger partial charge on any atom is 0.151 e. The standard InChI is InChI=1S/C12H15N5/c1-9-11(8-17(2)16-9)12(15-13)14-10-6-4-3-5-7-10/h3-8H,13H2,1-2H3,(H,14,15). The highest BCUT2D eigenvalue weighted by molar-refractivity contribution is 6.00. The van der Waals surface area contributed by atoms with Crippen molar-refractivity contribution in [3.05, 3.63) is 47.8 Å². The molecule has 3 N–H and O–H groups in total. The number of hydrazine groups is 1. The van der Waals surface area contributed by atoms with Gasteiger partial charge in [0.15, 0.2) is 5.84 Å². The fraction of sp³-hybridized carbons (Fsp3) is 0.167. The van der Waals surface area contributed by atoms with Crippen LogP contribution in [0.5, 0.6) is 0 Å². The zero-order valence-electron chi connectivity index (χ0n) is 9.88. The number of para-hydroxylation sites is 1. The Morgan fingerprint density at radius 2 is 2.06 bits per heavy atom. The fourth-order valence-corrected chi connectivity index (χ4v) is 1.63. The molecule has 5 heteroatoms. The van der Waals surface area contributed by atoms with E-state index < -0.39 is 0 Å². The van der Waals surface area contributed by atoms with Crippen LogP contribution in [0.15, 0.2) is 41.5 Å². The van der Waals surface area contributed by atoms with Gasteiger partial charge in [-0.1, -0.05) is 18.2 Å². The molecule has 0 aliphatic heterocycles. The van der Waals surface area contributed by atoms with Crippen LogP contribution >= 0.6 is 0 Å². The average Bonchev–Trinajstić information content (AvgIpc) is 2.67. The van der Waals surface area contributed by atoms with Crippen molar-refractivity contribution < 1.29 is 0 Å². The largest absolute Gasteiger partial charge is 0.308 e. The van der Waals surface area contributed by atoms with Gasteiger partial charge in [-0.3, -0.25) is 4.68 Å². The number of nitrogens with zero attached hydrogens (tertiary/aromatic N) is 3. The second kappa shape index (κ2) is 4.80. The third-order valence-electron chi connectivity index (χ3n) is 2.40. The van der Waals surface area contributed by atoms with E-state index >= 15 is 0 Å². The SMILES string of the molecule is Cc1nn(C)cc1C(=Nc1ccccc1)NN. The minimum absolute atomic E-state index is 0.613. The fourth-order valence-electron chi connectivity index (χ4n) is 1.63. The molecule has 0 aliphatic carbocycles. The van der Waals surface area contributed by atoms with Crippen molar-refractivity contribution in [1.82, 2.24) is 15.2 Å². The van der Waals surface area contributed by atoms with Gasteiger partial charge < -0.3 is 5.43 Å². The Hall–Kier alpha value is -2.14. The molecule has 0 saturated carbocycles. The van der Waals surface area contributed by atoms with Gasteiger partial charge in [-0.15, -0.1) is 0 Å². The van der Waals surface area contributed by atoms with Crippen molar-refractivity contribution in [1.29, 1.82) is 0 Å². The van der Waals surface area contributed by atoms with Crippen LogP contribution in [0.4, 0.5) is 5.69 Å². The first kappa shape index (κ1) is 11.3. The maximum absolute atomic E-state index is 5.51. The summed E-state index contributed by atoms with van der Waals surface area (Å²) in [7, 11) is 1.87. The molecule has 0 fully saturated rings. The van der Waals surface area contributed by atoms with Gasteiger partial charge in [-0.25, -0.2) is 10.8 Å². The third-order valence-corrected chi connectivity index (χ3v) is 2.40. The number of benzene rings is 1. The summed E-state index contributed by atoms with van der Waals surface area (Å²) in [5.41, 5.74) is 5.26. The van der Waals surface area contributed by atoms with Crippen LogP contribution in [-0.2, 0) is 7.05 Å². The van der Waals surface area contributed by atoms with Crippen LogP contribution in [0.2, 0.25) is 0 Å². The highest BCUT2D eigenvalue weighted by atomic mass is 15.3. The van der Waals surface area contributed by atoms with Crippen LogP contribution in [0.3, 0.4) is 0 Å². The van der Waals surface area contributed by atoms with E-state index in [9.17, 15) is 0 Å². The lowest BCUT2D eigenvalue weighted by Gasteiger charge is -2.03. The smallest absolute Gasteiger partial charge is 0.151 e. The quantitative estimate of drug-likeness (QED) is 0.353. The number of rotatable bonds is 2. The summed E-state index contributed by atoms with van der Waals surface area (Å²) < 4.78 is 1.74. The van der Waals surface area contributed by atoms with Gasteiger partial charge in [0.2, 0.25) is 0 Å². The lowest BCUT2D eigenvalue weighted by molar-refractivity contribution is 0.756. The summed E-state index contributed by atoms with van der Waals surface area (Å²) in [5.74, 6) is 6.13. The zero-order valence-corrected chi connectivity index (χ0v) is 9.88. The van der Waals surface area contributed by atoms with E-state index in [1.54, 1.807) is 4.68 Å². The summed E-state index contributed by atoms with van der Waals surface area (Å²) in [6, 6.07) is 9.65. The number of aliphatic imine (C=N–C) groups is 1. The molecule has 0 spiro atoms. The van der Waals surface area contributed by atoms with Crippen LogP contribution in [0.1, 0.15) is 11.3 Å². The first-order valence-electron chi connectivity index (χ1n) is 5.31. The van der Waals surface area contributed by atoms with E-state index in [0.29, 0.717) is 5.84 Å². The van der Waals surface area contributed by atoms with Crippen molar-refractivity contribution in [2.75, 3.05) is 0 Å². The number of hydrogen-bond donors (Lipinski definition) is 2. The predicted octanol–water partition coefficient (Wildman–Crippen LogP) is 1.27. The molecular weight excluding hydrogens is 214 g/mol. The van der Waals surface area contributed by atoms with Crippen molar-refractivity contribution in [3.63, 3.8) is 0 Å². The Morgan fingerprint density at radius 1 is 1.35 bits per heavy atom. The Kier molecular flexibility index (Phi) is 3.20. The zero-order chi connectivity index (χ0) is 12.3. The minimum Gasteiger partial charge on any atom is -0.308 e. The van der Waals surface area contributed by atoms with E-state index in [-0.39, 0.29) is 0 Å². The number of hydrogen-bond acceptors (Lipinski definition) is 3. The second-order valence-corrected chi connectivity index (χ2v) is 3.74. The van der Waals surface area contributed by atoms with Crippen LogP contribution in [0, 0.1) is 6.92 Å². The van der Waals surface area contributed by atoms with Crippen molar-refractivity contribution in [2.45, 2.75) is 6.92 Å². The van der Waals surface area contributed by atoms with E-state index in [1.165, 1.54) is 0 Å². The van der Waals surface area contributed by atoms with Crippen molar-refractivity contribution in [2.24, 2.45) is 17.9 Å². The first-order valence-corrected chi connectivity index (χ1v) is 5.31. The molecule has 5 nitrogen and oxygen atoms in total. The average molecular weight is 229 g/mol. The Balaban J connectivity index is 2.40. The van der Waals surface area contributed by atoms with Crippen LogP contribution in [0.25, 0.3) is 0 Å². The molecule has 17 heavy (non-hydrogen) atoms. The molecule has 2 rings (SSSR count). The molecule has 0 bridgehead atoms. The first-order chi connectivity index (χ1) is 8.20. The molecule has 0 aliphatic rings. The number of amidine groups is 1. The number of aromatic nitrogens is 2. The van der Waals surface area contributed by atoms with Gasteiger partial charge in [0.05, 0.1) is 16.9 Å². The lowest BCUT2D eigenvalue weighted by Crippen LogP contribution is -2.31. The minimum atomic E-state index is 0.613. The molecule has 1 aromatic heterocycles. The van der Waals surface area contributed by atoms with E-state index in [4.69, 9.17) is 5.84 Å². The molecule has 1 heterocycles. The lowest BCUT2D eigenvalue weighted by atomic mass is 10.2. The van der Waals surface area contributed by atoms with Gasteiger partial charge in [0, 0.05) is 13.2 Å². The van der Waals surface area contributed by atoms with Crippen LogP contribution < -0.4 is 11.3 Å². The van der Waals surface area contributed by atoms with Gasteiger partial charge >= 0.3 is 0 Å². The van der Waals surface area contributed by atoms with E-state index in [2.05, 4.69) is 15.5 Å². The second-order valence-electron chi connectivity index (χ2n) is 3.74. The highest BCUT2D eigenvalue weighted by Gasteiger charge is 2.09. The van der Waals surface area contributed by atoms with Gasteiger partial charge in [0.1, 0.15) is 0 Å². The van der Waals surface area contributed by atoms with Crippen molar-refractivity contribution in [3.8, 4) is 0 Å². The third kappa shape index (κ3) is 2.51. The van der Waals surface area contributed by atoms with E-state index in [0.717, 1.165) is 16.9 Å². The summed E-state index contributed by atoms with van der Waals surface area (Å²) >= 11 is 0. The van der Waals surface area contributed by atoms with Gasteiger partial charge in [0.25, 0.3) is 0 Å². The summed E-state index contributed by atoms with van der Waals surface area (Å²) in [6.45, 7) is 1.92. The van der Waals surface area contributed by atoms with Crippen LogP contribution in [-0.4, -0.2) is 15.6 Å².